The van der Waals surface area contributed by atoms with E-state index in [0.717, 1.165) is 5.56 Å². The monoisotopic (exact) mass is 374 g/mol. The van der Waals surface area contributed by atoms with E-state index in [1.807, 2.05) is 6.07 Å². The predicted octanol–water partition coefficient (Wildman–Crippen LogP) is 2.38. The molecular formula is C20H23FN2O4. The molecule has 2 amide bonds. The van der Waals surface area contributed by atoms with Gasteiger partial charge in [-0.25, -0.2) is 4.39 Å². The lowest BCUT2D eigenvalue weighted by molar-refractivity contribution is -0.142. The zero-order valence-electron chi connectivity index (χ0n) is 15.6. The summed E-state index contributed by atoms with van der Waals surface area (Å²) in [6, 6.07) is 12.3. The molecule has 0 saturated carbocycles. The molecular weight excluding hydrogens is 351 g/mol. The Balaban J connectivity index is 2.16. The summed E-state index contributed by atoms with van der Waals surface area (Å²) in [6.07, 6.45) is 0. The number of hydrogen-bond acceptors (Lipinski definition) is 4. The number of halogens is 1. The molecule has 0 saturated heterocycles. The SMILES string of the molecule is CNC(=O)C(C)N(Cc1cccc(OC)c1)C(=O)COc1ccccc1F. The number of amides is 2. The van der Waals surface area contributed by atoms with Gasteiger partial charge in [0.15, 0.2) is 18.2 Å². The van der Waals surface area contributed by atoms with E-state index in [0.29, 0.717) is 5.75 Å². The Bertz CT molecular complexity index is 797. The van der Waals surface area contributed by atoms with Crippen LogP contribution in [0.4, 0.5) is 4.39 Å². The fourth-order valence-corrected chi connectivity index (χ4v) is 2.54. The van der Waals surface area contributed by atoms with E-state index < -0.39 is 17.8 Å². The summed E-state index contributed by atoms with van der Waals surface area (Å²) in [6.45, 7) is 1.43. The standard InChI is InChI=1S/C20H23FN2O4/c1-14(20(25)22-2)23(12-15-7-6-8-16(11-15)26-3)19(24)13-27-18-10-5-4-9-17(18)21/h4-11,14H,12-13H2,1-3H3,(H,22,25). The smallest absolute Gasteiger partial charge is 0.261 e. The van der Waals surface area contributed by atoms with Crippen LogP contribution in [0.3, 0.4) is 0 Å². The highest BCUT2D eigenvalue weighted by atomic mass is 19.1. The molecule has 2 aromatic rings. The van der Waals surface area contributed by atoms with Crippen molar-refractivity contribution >= 4 is 11.8 Å². The molecule has 27 heavy (non-hydrogen) atoms. The highest BCUT2D eigenvalue weighted by molar-refractivity contribution is 5.87. The second kappa shape index (κ2) is 9.56. The molecule has 2 rings (SSSR count). The number of nitrogens with zero attached hydrogens (tertiary/aromatic N) is 1. The number of para-hydroxylation sites is 1. The summed E-state index contributed by atoms with van der Waals surface area (Å²) >= 11 is 0. The molecule has 0 spiro atoms. The molecule has 2 aromatic carbocycles. The molecule has 0 radical (unpaired) electrons. The van der Waals surface area contributed by atoms with Gasteiger partial charge in [0.25, 0.3) is 5.91 Å². The number of ether oxygens (including phenoxy) is 2. The van der Waals surface area contributed by atoms with Crippen LogP contribution in [0.2, 0.25) is 0 Å². The number of methoxy groups -OCH3 is 1. The minimum absolute atomic E-state index is 0.0141. The van der Waals surface area contributed by atoms with Crippen molar-refractivity contribution in [2.45, 2.75) is 19.5 Å². The zero-order chi connectivity index (χ0) is 19.8. The first-order chi connectivity index (χ1) is 13.0. The summed E-state index contributed by atoms with van der Waals surface area (Å²) in [7, 11) is 3.06. The van der Waals surface area contributed by atoms with Crippen molar-refractivity contribution in [2.75, 3.05) is 20.8 Å². The summed E-state index contributed by atoms with van der Waals surface area (Å²) in [5.41, 5.74) is 0.796. The van der Waals surface area contributed by atoms with Crippen molar-refractivity contribution in [1.82, 2.24) is 10.2 Å². The zero-order valence-corrected chi connectivity index (χ0v) is 15.6. The van der Waals surface area contributed by atoms with Crippen LogP contribution >= 0.6 is 0 Å². The Hall–Kier alpha value is -3.09. The van der Waals surface area contributed by atoms with Gasteiger partial charge in [0.2, 0.25) is 5.91 Å². The normalized spacial score (nSPS) is 11.4. The minimum Gasteiger partial charge on any atom is -0.497 e. The molecule has 1 unspecified atom stereocenters. The molecule has 1 atom stereocenters. The number of nitrogens with one attached hydrogen (secondary N) is 1. The lowest BCUT2D eigenvalue weighted by Crippen LogP contribution is -2.48. The van der Waals surface area contributed by atoms with Gasteiger partial charge in [-0.05, 0) is 36.8 Å². The Kier molecular flexibility index (Phi) is 7.16. The second-order valence-electron chi connectivity index (χ2n) is 5.88. The fourth-order valence-electron chi connectivity index (χ4n) is 2.54. The Morgan fingerprint density at radius 2 is 1.93 bits per heavy atom. The first kappa shape index (κ1) is 20.2. The van der Waals surface area contributed by atoms with Gasteiger partial charge >= 0.3 is 0 Å². The van der Waals surface area contributed by atoms with E-state index in [2.05, 4.69) is 5.32 Å². The molecule has 144 valence electrons. The Labute approximate surface area is 157 Å². The topological polar surface area (TPSA) is 67.9 Å². The molecule has 7 heteroatoms. The molecule has 0 aromatic heterocycles. The van der Waals surface area contributed by atoms with E-state index in [-0.39, 0.29) is 24.8 Å². The van der Waals surface area contributed by atoms with Crippen LogP contribution in [0.1, 0.15) is 12.5 Å². The number of hydrogen-bond donors (Lipinski definition) is 1. The lowest BCUT2D eigenvalue weighted by atomic mass is 10.1. The van der Waals surface area contributed by atoms with Crippen molar-refractivity contribution in [1.29, 1.82) is 0 Å². The number of rotatable bonds is 8. The summed E-state index contributed by atoms with van der Waals surface area (Å²) in [4.78, 5) is 26.2. The van der Waals surface area contributed by atoms with Gasteiger partial charge in [0.1, 0.15) is 11.8 Å². The maximum Gasteiger partial charge on any atom is 0.261 e. The van der Waals surface area contributed by atoms with E-state index in [4.69, 9.17) is 9.47 Å². The van der Waals surface area contributed by atoms with Crippen molar-refractivity contribution in [3.05, 3.63) is 59.9 Å². The third-order valence-corrected chi connectivity index (χ3v) is 4.09. The Morgan fingerprint density at radius 3 is 2.59 bits per heavy atom. The average Bonchev–Trinajstić information content (AvgIpc) is 2.70. The quantitative estimate of drug-likeness (QED) is 0.770. The van der Waals surface area contributed by atoms with E-state index >= 15 is 0 Å². The molecule has 1 N–H and O–H groups in total. The third kappa shape index (κ3) is 5.44. The first-order valence-corrected chi connectivity index (χ1v) is 8.47. The molecule has 0 aliphatic rings. The Morgan fingerprint density at radius 1 is 1.19 bits per heavy atom. The highest BCUT2D eigenvalue weighted by Crippen LogP contribution is 2.18. The molecule has 0 bridgehead atoms. The van der Waals surface area contributed by atoms with Crippen molar-refractivity contribution in [3.63, 3.8) is 0 Å². The summed E-state index contributed by atoms with van der Waals surface area (Å²) in [5, 5.41) is 2.53. The largest absolute Gasteiger partial charge is 0.497 e. The van der Waals surface area contributed by atoms with Crippen molar-refractivity contribution in [2.24, 2.45) is 0 Å². The van der Waals surface area contributed by atoms with Crippen molar-refractivity contribution < 1.29 is 23.5 Å². The second-order valence-corrected chi connectivity index (χ2v) is 5.88. The van der Waals surface area contributed by atoms with Gasteiger partial charge in [-0.1, -0.05) is 24.3 Å². The maximum absolute atomic E-state index is 13.7. The lowest BCUT2D eigenvalue weighted by Gasteiger charge is -2.28. The van der Waals surface area contributed by atoms with Crippen LogP contribution < -0.4 is 14.8 Å². The molecule has 6 nitrogen and oxygen atoms in total. The van der Waals surface area contributed by atoms with Gasteiger partial charge < -0.3 is 19.7 Å². The van der Waals surface area contributed by atoms with Gasteiger partial charge in [-0.2, -0.15) is 0 Å². The van der Waals surface area contributed by atoms with Crippen LogP contribution in [-0.4, -0.2) is 43.5 Å². The van der Waals surface area contributed by atoms with E-state index in [1.54, 1.807) is 38.3 Å². The number of carbonyl (C=O) groups is 2. The molecule has 0 heterocycles. The predicted molar refractivity (Wildman–Crippen MR) is 99.0 cm³/mol. The maximum atomic E-state index is 13.7. The van der Waals surface area contributed by atoms with Gasteiger partial charge in [-0.15, -0.1) is 0 Å². The fraction of sp³-hybridized carbons (Fsp3) is 0.300. The average molecular weight is 374 g/mol. The van der Waals surface area contributed by atoms with Gasteiger partial charge in [-0.3, -0.25) is 9.59 Å². The van der Waals surface area contributed by atoms with Crippen LogP contribution in [0.5, 0.6) is 11.5 Å². The van der Waals surface area contributed by atoms with E-state index in [9.17, 15) is 14.0 Å². The van der Waals surface area contributed by atoms with Crippen LogP contribution in [0.25, 0.3) is 0 Å². The van der Waals surface area contributed by atoms with Crippen LogP contribution in [0.15, 0.2) is 48.5 Å². The van der Waals surface area contributed by atoms with Gasteiger partial charge in [0, 0.05) is 13.6 Å². The highest BCUT2D eigenvalue weighted by Gasteiger charge is 2.26. The third-order valence-electron chi connectivity index (χ3n) is 4.09. The van der Waals surface area contributed by atoms with Crippen LogP contribution in [-0.2, 0) is 16.1 Å². The molecule has 0 aliphatic carbocycles. The number of likely N-dealkylation sites (N-methyl/N-ethyl adjacent to an activating group) is 1. The number of benzene rings is 2. The number of carbonyl (C=O) groups excluding carboxylic acids is 2. The molecule has 0 aliphatic heterocycles. The minimum atomic E-state index is -0.724. The molecule has 0 fully saturated rings. The first-order valence-electron chi connectivity index (χ1n) is 8.47. The van der Waals surface area contributed by atoms with Gasteiger partial charge in [0.05, 0.1) is 7.11 Å². The summed E-state index contributed by atoms with van der Waals surface area (Å²) < 4.78 is 24.2. The van der Waals surface area contributed by atoms with Crippen LogP contribution in [0, 0.1) is 5.82 Å². The van der Waals surface area contributed by atoms with Crippen molar-refractivity contribution in [3.8, 4) is 11.5 Å². The van der Waals surface area contributed by atoms with E-state index in [1.165, 1.54) is 30.1 Å². The summed E-state index contributed by atoms with van der Waals surface area (Å²) in [5.74, 6) is -0.659.